The van der Waals surface area contributed by atoms with Crippen LogP contribution in [0.4, 0.5) is 0 Å². The van der Waals surface area contributed by atoms with Crippen LogP contribution in [0.3, 0.4) is 0 Å². The molecule has 0 aliphatic heterocycles. The smallest absolute Gasteiger partial charge is 0.0991 e. The van der Waals surface area contributed by atoms with Crippen LogP contribution in [0.25, 0.3) is 0 Å². The zero-order valence-electron chi connectivity index (χ0n) is 11.1. The van der Waals surface area contributed by atoms with Gasteiger partial charge in [-0.15, -0.1) is 0 Å². The predicted octanol–water partition coefficient (Wildman–Crippen LogP) is 4.73. The summed E-state index contributed by atoms with van der Waals surface area (Å²) in [7, 11) is 0. The maximum absolute atomic E-state index is 8.78. The van der Waals surface area contributed by atoms with E-state index in [1.165, 1.54) is 12.0 Å². The minimum Gasteiger partial charge on any atom is -0.192 e. The molecular weight excluding hydrogens is 194 g/mol. The second-order valence-corrected chi connectivity index (χ2v) is 4.27. The molecule has 0 saturated carbocycles. The number of nitriles is 1. The lowest BCUT2D eigenvalue weighted by Gasteiger charge is -2.14. The Morgan fingerprint density at radius 2 is 1.81 bits per heavy atom. The quantitative estimate of drug-likeness (QED) is 0.717. The molecule has 0 heterocycles. The van der Waals surface area contributed by atoms with Crippen LogP contribution in [-0.2, 0) is 0 Å². The highest BCUT2D eigenvalue weighted by atomic mass is 14.2. The van der Waals surface area contributed by atoms with Gasteiger partial charge in [0.2, 0.25) is 0 Å². The monoisotopic (exact) mass is 217 g/mol. The first-order valence-corrected chi connectivity index (χ1v) is 6.13. The van der Waals surface area contributed by atoms with Crippen LogP contribution in [0.15, 0.2) is 24.3 Å². The van der Waals surface area contributed by atoms with Crippen molar-refractivity contribution < 1.29 is 0 Å². The van der Waals surface area contributed by atoms with Crippen LogP contribution in [0.5, 0.6) is 0 Å². The van der Waals surface area contributed by atoms with E-state index in [1.54, 1.807) is 0 Å². The van der Waals surface area contributed by atoms with E-state index in [2.05, 4.69) is 32.9 Å². The van der Waals surface area contributed by atoms with Crippen molar-refractivity contribution in [2.24, 2.45) is 5.92 Å². The molecule has 1 rings (SSSR count). The molecule has 1 unspecified atom stereocenters. The number of rotatable bonds is 3. The Balaban J connectivity index is 0.00000106. The molecule has 0 spiro atoms. The van der Waals surface area contributed by atoms with Gasteiger partial charge in [-0.05, 0) is 36.0 Å². The Labute approximate surface area is 100 Å². The Morgan fingerprint density at radius 3 is 2.31 bits per heavy atom. The lowest BCUT2D eigenvalue weighted by Crippen LogP contribution is -1.98. The molecule has 1 atom stereocenters. The summed E-state index contributed by atoms with van der Waals surface area (Å²) in [6.45, 7) is 10.7. The molecule has 0 bridgehead atoms. The second-order valence-electron chi connectivity index (χ2n) is 4.27. The van der Waals surface area contributed by atoms with Gasteiger partial charge in [0.15, 0.2) is 0 Å². The molecule has 0 amide bonds. The highest BCUT2D eigenvalue weighted by Gasteiger charge is 2.07. The third-order valence-corrected chi connectivity index (χ3v) is 2.41. The summed E-state index contributed by atoms with van der Waals surface area (Å²) < 4.78 is 0. The molecule has 0 N–H and O–H groups in total. The number of benzene rings is 1. The van der Waals surface area contributed by atoms with Gasteiger partial charge in [0.1, 0.15) is 0 Å². The standard InChI is InChI=1S/C13H17N.C2H6/c1-10(2)7-11(3)13-6-4-5-12(8-13)9-14;1-2/h4-6,8,10-11H,7H2,1-3H3;1-2H3. The van der Waals surface area contributed by atoms with Crippen LogP contribution in [-0.4, -0.2) is 0 Å². The first-order valence-electron chi connectivity index (χ1n) is 6.13. The molecule has 0 radical (unpaired) electrons. The van der Waals surface area contributed by atoms with Crippen molar-refractivity contribution in [2.45, 2.75) is 47.0 Å². The number of hydrogen-bond acceptors (Lipinski definition) is 1. The van der Waals surface area contributed by atoms with E-state index in [4.69, 9.17) is 5.26 Å². The predicted molar refractivity (Wildman–Crippen MR) is 70.4 cm³/mol. The third-order valence-electron chi connectivity index (χ3n) is 2.41. The fourth-order valence-corrected chi connectivity index (χ4v) is 1.76. The fourth-order valence-electron chi connectivity index (χ4n) is 1.76. The maximum Gasteiger partial charge on any atom is 0.0991 e. The van der Waals surface area contributed by atoms with Gasteiger partial charge in [-0.3, -0.25) is 0 Å². The van der Waals surface area contributed by atoms with Crippen molar-refractivity contribution >= 4 is 0 Å². The van der Waals surface area contributed by atoms with Gasteiger partial charge >= 0.3 is 0 Å². The lowest BCUT2D eigenvalue weighted by molar-refractivity contribution is 0.523. The summed E-state index contributed by atoms with van der Waals surface area (Å²) in [5.41, 5.74) is 2.04. The van der Waals surface area contributed by atoms with Gasteiger partial charge in [-0.2, -0.15) is 5.26 Å². The molecule has 0 aliphatic carbocycles. The first-order chi connectivity index (χ1) is 7.63. The van der Waals surface area contributed by atoms with Crippen LogP contribution in [0.1, 0.15) is 58.1 Å². The SMILES string of the molecule is CC.CC(C)CC(C)c1cccc(C#N)c1. The van der Waals surface area contributed by atoms with Gasteiger partial charge in [0, 0.05) is 0 Å². The molecule has 1 aromatic rings. The topological polar surface area (TPSA) is 23.8 Å². The Kier molecular flexibility index (Phi) is 7.29. The minimum atomic E-state index is 0.545. The third kappa shape index (κ3) is 4.98. The molecule has 1 aromatic carbocycles. The number of nitrogens with zero attached hydrogens (tertiary/aromatic N) is 1. The van der Waals surface area contributed by atoms with E-state index in [-0.39, 0.29) is 0 Å². The van der Waals surface area contributed by atoms with Gasteiger partial charge in [-0.1, -0.05) is 46.8 Å². The lowest BCUT2D eigenvalue weighted by atomic mass is 9.91. The fraction of sp³-hybridized carbons (Fsp3) is 0.533. The Bertz CT molecular complexity index is 334. The zero-order chi connectivity index (χ0) is 12.6. The minimum absolute atomic E-state index is 0.545. The van der Waals surface area contributed by atoms with Crippen molar-refractivity contribution in [1.29, 1.82) is 5.26 Å². The molecule has 0 saturated heterocycles. The van der Waals surface area contributed by atoms with Crippen molar-refractivity contribution in [1.82, 2.24) is 0 Å². The van der Waals surface area contributed by atoms with Gasteiger partial charge in [0.25, 0.3) is 0 Å². The Morgan fingerprint density at radius 1 is 1.19 bits per heavy atom. The molecule has 0 aliphatic rings. The van der Waals surface area contributed by atoms with E-state index in [0.717, 1.165) is 5.56 Å². The normalized spacial score (nSPS) is 11.3. The van der Waals surface area contributed by atoms with Crippen LogP contribution in [0.2, 0.25) is 0 Å². The van der Waals surface area contributed by atoms with Crippen LogP contribution in [0, 0.1) is 17.2 Å². The first kappa shape index (κ1) is 14.7. The summed E-state index contributed by atoms with van der Waals surface area (Å²) in [6.07, 6.45) is 1.18. The van der Waals surface area contributed by atoms with E-state index in [1.807, 2.05) is 32.0 Å². The van der Waals surface area contributed by atoms with E-state index >= 15 is 0 Å². The van der Waals surface area contributed by atoms with Crippen molar-refractivity contribution in [3.05, 3.63) is 35.4 Å². The largest absolute Gasteiger partial charge is 0.192 e. The van der Waals surface area contributed by atoms with Crippen LogP contribution >= 0.6 is 0 Å². The summed E-state index contributed by atoms with van der Waals surface area (Å²) in [4.78, 5) is 0. The highest BCUT2D eigenvalue weighted by molar-refractivity contribution is 5.34. The van der Waals surface area contributed by atoms with Gasteiger partial charge in [-0.25, -0.2) is 0 Å². The molecule has 1 heteroatoms. The van der Waals surface area contributed by atoms with Crippen molar-refractivity contribution in [3.63, 3.8) is 0 Å². The summed E-state index contributed by atoms with van der Waals surface area (Å²) in [5.74, 6) is 1.25. The average Bonchev–Trinajstić information content (AvgIpc) is 2.31. The average molecular weight is 217 g/mol. The summed E-state index contributed by atoms with van der Waals surface area (Å²) in [6, 6.07) is 10.1. The number of hydrogen-bond donors (Lipinski definition) is 0. The molecule has 88 valence electrons. The zero-order valence-corrected chi connectivity index (χ0v) is 11.1. The van der Waals surface area contributed by atoms with Gasteiger partial charge in [0.05, 0.1) is 11.6 Å². The highest BCUT2D eigenvalue weighted by Crippen LogP contribution is 2.23. The summed E-state index contributed by atoms with van der Waals surface area (Å²) >= 11 is 0. The maximum atomic E-state index is 8.78. The molecule has 1 nitrogen and oxygen atoms in total. The van der Waals surface area contributed by atoms with Gasteiger partial charge < -0.3 is 0 Å². The summed E-state index contributed by atoms with van der Waals surface area (Å²) in [5, 5.41) is 8.78. The van der Waals surface area contributed by atoms with Crippen molar-refractivity contribution in [2.75, 3.05) is 0 Å². The second kappa shape index (κ2) is 7.93. The molecule has 16 heavy (non-hydrogen) atoms. The van der Waals surface area contributed by atoms with Crippen LogP contribution < -0.4 is 0 Å². The van der Waals surface area contributed by atoms with E-state index < -0.39 is 0 Å². The molecular formula is C15H23N. The van der Waals surface area contributed by atoms with E-state index in [9.17, 15) is 0 Å². The molecule has 0 fully saturated rings. The van der Waals surface area contributed by atoms with Crippen molar-refractivity contribution in [3.8, 4) is 6.07 Å². The van der Waals surface area contributed by atoms with E-state index in [0.29, 0.717) is 11.8 Å². The Hall–Kier alpha value is -1.29. The molecule has 0 aromatic heterocycles.